The van der Waals surface area contributed by atoms with Gasteiger partial charge in [0.2, 0.25) is 5.91 Å². The summed E-state index contributed by atoms with van der Waals surface area (Å²) in [6, 6.07) is 12.6. The molecule has 0 unspecified atom stereocenters. The van der Waals surface area contributed by atoms with Crippen LogP contribution in [0.1, 0.15) is 61.9 Å². The lowest BCUT2D eigenvalue weighted by atomic mass is 10.1. The summed E-state index contributed by atoms with van der Waals surface area (Å²) in [5.41, 5.74) is 2.84. The lowest BCUT2D eigenvalue weighted by Crippen LogP contribution is -2.14. The Bertz CT molecular complexity index is 785. The zero-order chi connectivity index (χ0) is 20.4. The van der Waals surface area contributed by atoms with Crippen LogP contribution >= 0.6 is 0 Å². The summed E-state index contributed by atoms with van der Waals surface area (Å²) in [5.74, 6) is 0.510. The Morgan fingerprint density at radius 2 is 1.68 bits per heavy atom. The molecular formula is C23H30N2O3. The zero-order valence-corrected chi connectivity index (χ0v) is 17.0. The molecule has 0 radical (unpaired) electrons. The number of hydrogen-bond donors (Lipinski definition) is 2. The number of unbranched alkanes of at least 4 members (excludes halogenated alkanes) is 3. The van der Waals surface area contributed by atoms with Gasteiger partial charge in [-0.05, 0) is 55.3 Å². The van der Waals surface area contributed by atoms with E-state index in [1.165, 1.54) is 19.3 Å². The van der Waals surface area contributed by atoms with Gasteiger partial charge < -0.3 is 15.4 Å². The molecule has 150 valence electrons. The van der Waals surface area contributed by atoms with Crippen LogP contribution in [0.3, 0.4) is 0 Å². The van der Waals surface area contributed by atoms with Gasteiger partial charge in [-0.15, -0.1) is 0 Å². The predicted molar refractivity (Wildman–Crippen MR) is 114 cm³/mol. The van der Waals surface area contributed by atoms with Gasteiger partial charge in [0.05, 0.1) is 6.61 Å². The smallest absolute Gasteiger partial charge is 0.255 e. The van der Waals surface area contributed by atoms with Crippen molar-refractivity contribution in [3.63, 3.8) is 0 Å². The average molecular weight is 383 g/mol. The molecule has 0 aliphatic rings. The van der Waals surface area contributed by atoms with Crippen molar-refractivity contribution in [3.8, 4) is 5.75 Å². The SMILES string of the molecule is CCCCCCOc1ccc(C(=O)Nc2ccc(C)c(NC(=O)CC)c2)cc1. The van der Waals surface area contributed by atoms with E-state index in [-0.39, 0.29) is 11.8 Å². The molecule has 0 bridgehead atoms. The largest absolute Gasteiger partial charge is 0.494 e. The van der Waals surface area contributed by atoms with Crippen molar-refractivity contribution in [2.45, 2.75) is 52.9 Å². The highest BCUT2D eigenvalue weighted by molar-refractivity contribution is 6.04. The van der Waals surface area contributed by atoms with E-state index in [9.17, 15) is 9.59 Å². The van der Waals surface area contributed by atoms with E-state index in [1.807, 2.05) is 31.2 Å². The summed E-state index contributed by atoms with van der Waals surface area (Å²) in [6.45, 7) is 6.59. The Balaban J connectivity index is 1.93. The second kappa shape index (κ2) is 11.1. The van der Waals surface area contributed by atoms with Crippen LogP contribution in [-0.2, 0) is 4.79 Å². The van der Waals surface area contributed by atoms with Gasteiger partial charge in [0.1, 0.15) is 5.75 Å². The van der Waals surface area contributed by atoms with Crippen LogP contribution in [0.2, 0.25) is 0 Å². The molecule has 28 heavy (non-hydrogen) atoms. The standard InChI is InChI=1S/C23H30N2O3/c1-4-6-7-8-15-28-20-13-10-18(11-14-20)23(27)24-19-12-9-17(3)21(16-19)25-22(26)5-2/h9-14,16H,4-8,15H2,1-3H3,(H,24,27)(H,25,26). The van der Waals surface area contributed by atoms with Crippen molar-refractivity contribution in [3.05, 3.63) is 53.6 Å². The number of hydrogen-bond acceptors (Lipinski definition) is 3. The van der Waals surface area contributed by atoms with Crippen molar-refractivity contribution in [2.24, 2.45) is 0 Å². The number of carbonyl (C=O) groups excluding carboxylic acids is 2. The molecule has 0 aliphatic heterocycles. The van der Waals surface area contributed by atoms with Crippen molar-refractivity contribution in [1.82, 2.24) is 0 Å². The molecule has 2 aromatic rings. The lowest BCUT2D eigenvalue weighted by molar-refractivity contribution is -0.115. The zero-order valence-electron chi connectivity index (χ0n) is 17.0. The molecule has 2 N–H and O–H groups in total. The quantitative estimate of drug-likeness (QED) is 0.529. The van der Waals surface area contributed by atoms with Crippen LogP contribution in [0, 0.1) is 6.92 Å². The van der Waals surface area contributed by atoms with Crippen LogP contribution in [0.5, 0.6) is 5.75 Å². The minimum atomic E-state index is -0.203. The highest BCUT2D eigenvalue weighted by Gasteiger charge is 2.09. The number of amides is 2. The maximum atomic E-state index is 12.5. The first-order valence-corrected chi connectivity index (χ1v) is 9.98. The molecule has 2 rings (SSSR count). The molecule has 5 heteroatoms. The van der Waals surface area contributed by atoms with Crippen LogP contribution < -0.4 is 15.4 Å². The van der Waals surface area contributed by atoms with Crippen LogP contribution in [0.4, 0.5) is 11.4 Å². The predicted octanol–water partition coefficient (Wildman–Crippen LogP) is 5.55. The maximum Gasteiger partial charge on any atom is 0.255 e. The van der Waals surface area contributed by atoms with E-state index in [2.05, 4.69) is 17.6 Å². The fourth-order valence-corrected chi connectivity index (χ4v) is 2.70. The first-order valence-electron chi connectivity index (χ1n) is 9.98. The molecule has 0 aromatic heterocycles. The average Bonchev–Trinajstić information content (AvgIpc) is 2.70. The summed E-state index contributed by atoms with van der Waals surface area (Å²) in [7, 11) is 0. The Hall–Kier alpha value is -2.82. The topological polar surface area (TPSA) is 67.4 Å². The maximum absolute atomic E-state index is 12.5. The Morgan fingerprint density at radius 1 is 0.929 bits per heavy atom. The molecule has 0 aliphatic carbocycles. The molecule has 0 saturated heterocycles. The lowest BCUT2D eigenvalue weighted by Gasteiger charge is -2.11. The summed E-state index contributed by atoms with van der Waals surface area (Å²) in [5, 5.41) is 5.72. The van der Waals surface area contributed by atoms with E-state index in [0.717, 1.165) is 17.7 Å². The minimum Gasteiger partial charge on any atom is -0.494 e. The number of aryl methyl sites for hydroxylation is 1. The first kappa shape index (κ1) is 21.5. The van der Waals surface area contributed by atoms with Crippen molar-refractivity contribution in [2.75, 3.05) is 17.2 Å². The summed E-state index contributed by atoms with van der Waals surface area (Å²) < 4.78 is 5.71. The van der Waals surface area contributed by atoms with Gasteiger partial charge in [-0.2, -0.15) is 0 Å². The molecule has 0 heterocycles. The number of benzene rings is 2. The molecule has 2 aromatic carbocycles. The normalized spacial score (nSPS) is 10.4. The Kier molecular flexibility index (Phi) is 8.53. The monoisotopic (exact) mass is 382 g/mol. The number of anilines is 2. The fourth-order valence-electron chi connectivity index (χ4n) is 2.70. The third kappa shape index (κ3) is 6.72. The van der Waals surface area contributed by atoms with Gasteiger partial charge in [0.25, 0.3) is 5.91 Å². The van der Waals surface area contributed by atoms with E-state index in [4.69, 9.17) is 4.74 Å². The van der Waals surface area contributed by atoms with Gasteiger partial charge >= 0.3 is 0 Å². The molecule has 0 fully saturated rings. The van der Waals surface area contributed by atoms with Crippen LogP contribution in [0.25, 0.3) is 0 Å². The highest BCUT2D eigenvalue weighted by atomic mass is 16.5. The highest BCUT2D eigenvalue weighted by Crippen LogP contribution is 2.21. The van der Waals surface area contributed by atoms with E-state index < -0.39 is 0 Å². The number of nitrogens with one attached hydrogen (secondary N) is 2. The third-order valence-corrected chi connectivity index (χ3v) is 4.47. The fraction of sp³-hybridized carbons (Fsp3) is 0.391. The van der Waals surface area contributed by atoms with Crippen LogP contribution in [-0.4, -0.2) is 18.4 Å². The molecule has 2 amide bonds. The third-order valence-electron chi connectivity index (χ3n) is 4.47. The number of carbonyl (C=O) groups is 2. The molecule has 0 saturated carbocycles. The van der Waals surface area contributed by atoms with Gasteiger partial charge in [0.15, 0.2) is 0 Å². The Morgan fingerprint density at radius 3 is 2.36 bits per heavy atom. The second-order valence-corrected chi connectivity index (χ2v) is 6.82. The Labute approximate surface area is 167 Å². The van der Waals surface area contributed by atoms with Crippen LogP contribution in [0.15, 0.2) is 42.5 Å². The molecule has 5 nitrogen and oxygen atoms in total. The van der Waals surface area contributed by atoms with Crippen molar-refractivity contribution in [1.29, 1.82) is 0 Å². The summed E-state index contributed by atoms with van der Waals surface area (Å²) in [6.07, 6.45) is 5.06. The van der Waals surface area contributed by atoms with E-state index >= 15 is 0 Å². The molecule has 0 atom stereocenters. The second-order valence-electron chi connectivity index (χ2n) is 6.82. The molecular weight excluding hydrogens is 352 g/mol. The van der Waals surface area contributed by atoms with Crippen molar-refractivity contribution >= 4 is 23.2 Å². The van der Waals surface area contributed by atoms with E-state index in [0.29, 0.717) is 30.0 Å². The van der Waals surface area contributed by atoms with Crippen molar-refractivity contribution < 1.29 is 14.3 Å². The van der Waals surface area contributed by atoms with E-state index in [1.54, 1.807) is 25.1 Å². The number of ether oxygens (including phenoxy) is 1. The number of rotatable bonds is 10. The van der Waals surface area contributed by atoms with Gasteiger partial charge in [-0.1, -0.05) is 39.2 Å². The minimum absolute atomic E-state index is 0.0585. The van der Waals surface area contributed by atoms with Gasteiger partial charge in [0, 0.05) is 23.4 Å². The molecule has 0 spiro atoms. The van der Waals surface area contributed by atoms with Gasteiger partial charge in [-0.3, -0.25) is 9.59 Å². The summed E-state index contributed by atoms with van der Waals surface area (Å²) >= 11 is 0. The summed E-state index contributed by atoms with van der Waals surface area (Å²) in [4.78, 5) is 24.1. The first-order chi connectivity index (χ1) is 13.5. The van der Waals surface area contributed by atoms with Gasteiger partial charge in [-0.25, -0.2) is 0 Å².